The van der Waals surface area contributed by atoms with Gasteiger partial charge in [-0.15, -0.1) is 35.5 Å². The molecule has 2 heterocycles. The molecule has 1 aliphatic heterocycles. The molecule has 0 aliphatic carbocycles. The van der Waals surface area contributed by atoms with Crippen molar-refractivity contribution in [3.8, 4) is 0 Å². The summed E-state index contributed by atoms with van der Waals surface area (Å²) in [6.07, 6.45) is 2.90. The van der Waals surface area contributed by atoms with E-state index in [9.17, 15) is 4.79 Å². The molecule has 1 aromatic heterocycles. The summed E-state index contributed by atoms with van der Waals surface area (Å²) in [5.74, 6) is 0.161. The average molecular weight is 321 g/mol. The zero-order valence-electron chi connectivity index (χ0n) is 11.5. The first-order chi connectivity index (χ1) is 8.45. The Morgan fingerprint density at radius 3 is 2.84 bits per heavy atom. The lowest BCUT2D eigenvalue weighted by Crippen LogP contribution is -2.53. The Morgan fingerprint density at radius 2 is 2.26 bits per heavy atom. The van der Waals surface area contributed by atoms with Crippen LogP contribution in [0.15, 0.2) is 16.3 Å². The molecule has 108 valence electrons. The Hall–Kier alpha value is -0.230. The van der Waals surface area contributed by atoms with Crippen molar-refractivity contribution in [2.24, 2.45) is 11.1 Å². The number of likely N-dealkylation sites (tertiary alicyclic amines) is 1. The van der Waals surface area contributed by atoms with Gasteiger partial charge in [0.15, 0.2) is 0 Å². The number of carbonyl (C=O) groups is 1. The molecule has 2 N–H and O–H groups in total. The van der Waals surface area contributed by atoms with Gasteiger partial charge in [0.25, 0.3) is 5.91 Å². The van der Waals surface area contributed by atoms with E-state index in [4.69, 9.17) is 5.73 Å². The van der Waals surface area contributed by atoms with Gasteiger partial charge < -0.3 is 10.6 Å². The fourth-order valence-corrected chi connectivity index (χ4v) is 4.02. The van der Waals surface area contributed by atoms with E-state index in [-0.39, 0.29) is 29.8 Å². The van der Waals surface area contributed by atoms with Crippen LogP contribution in [-0.2, 0) is 0 Å². The third-order valence-electron chi connectivity index (χ3n) is 3.64. The van der Waals surface area contributed by atoms with Crippen LogP contribution < -0.4 is 5.73 Å². The van der Waals surface area contributed by atoms with Crippen LogP contribution in [0.4, 0.5) is 0 Å². The Morgan fingerprint density at radius 1 is 1.58 bits per heavy atom. The Kier molecular flexibility index (Phi) is 5.74. The van der Waals surface area contributed by atoms with Crippen LogP contribution in [0.5, 0.6) is 0 Å². The maximum Gasteiger partial charge on any atom is 0.265 e. The number of carbonyl (C=O) groups excluding carboxylic acids is 1. The van der Waals surface area contributed by atoms with Crippen LogP contribution in [0.1, 0.15) is 29.9 Å². The summed E-state index contributed by atoms with van der Waals surface area (Å²) < 4.78 is 0. The van der Waals surface area contributed by atoms with E-state index in [1.54, 1.807) is 11.8 Å². The summed E-state index contributed by atoms with van der Waals surface area (Å²) in [6.45, 7) is 5.80. The van der Waals surface area contributed by atoms with E-state index in [0.29, 0.717) is 0 Å². The van der Waals surface area contributed by atoms with E-state index < -0.39 is 0 Å². The van der Waals surface area contributed by atoms with E-state index in [2.05, 4.69) is 13.8 Å². The molecule has 0 bridgehead atoms. The predicted molar refractivity (Wildman–Crippen MR) is 85.6 cm³/mol. The van der Waals surface area contributed by atoms with E-state index in [1.165, 1.54) is 11.3 Å². The SMILES string of the molecule is CSc1ccsc1C(=O)N1CCC(N)C(C)(C)C1.Cl. The van der Waals surface area contributed by atoms with Crippen molar-refractivity contribution in [1.82, 2.24) is 4.90 Å². The summed E-state index contributed by atoms with van der Waals surface area (Å²) >= 11 is 3.17. The van der Waals surface area contributed by atoms with Crippen molar-refractivity contribution < 1.29 is 4.79 Å². The highest BCUT2D eigenvalue weighted by Gasteiger charge is 2.36. The van der Waals surface area contributed by atoms with Gasteiger partial charge in [-0.05, 0) is 29.5 Å². The van der Waals surface area contributed by atoms with Gasteiger partial charge in [-0.1, -0.05) is 13.8 Å². The molecule has 1 atom stereocenters. The maximum absolute atomic E-state index is 12.5. The smallest absolute Gasteiger partial charge is 0.265 e. The molecular weight excluding hydrogens is 300 g/mol. The summed E-state index contributed by atoms with van der Waals surface area (Å²) in [5, 5.41) is 1.99. The molecule has 0 saturated carbocycles. The van der Waals surface area contributed by atoms with Gasteiger partial charge in [-0.2, -0.15) is 0 Å². The fourth-order valence-electron chi connectivity index (χ4n) is 2.31. The van der Waals surface area contributed by atoms with Gasteiger partial charge in [0.2, 0.25) is 0 Å². The number of rotatable bonds is 2. The van der Waals surface area contributed by atoms with Gasteiger partial charge in [0.05, 0.1) is 0 Å². The van der Waals surface area contributed by atoms with Crippen LogP contribution in [0.25, 0.3) is 0 Å². The number of hydrogen-bond acceptors (Lipinski definition) is 4. The fraction of sp³-hybridized carbons (Fsp3) is 0.615. The highest BCUT2D eigenvalue weighted by atomic mass is 35.5. The average Bonchev–Trinajstić information content (AvgIpc) is 2.79. The molecular formula is C13H21ClN2OS2. The molecule has 1 amide bonds. The largest absolute Gasteiger partial charge is 0.337 e. The minimum Gasteiger partial charge on any atom is -0.337 e. The van der Waals surface area contributed by atoms with Gasteiger partial charge in [-0.3, -0.25) is 4.79 Å². The monoisotopic (exact) mass is 320 g/mol. The molecule has 6 heteroatoms. The van der Waals surface area contributed by atoms with Gasteiger partial charge >= 0.3 is 0 Å². The molecule has 0 radical (unpaired) electrons. The topological polar surface area (TPSA) is 46.3 Å². The second-order valence-corrected chi connectivity index (χ2v) is 7.19. The van der Waals surface area contributed by atoms with Crippen LogP contribution >= 0.6 is 35.5 Å². The minimum atomic E-state index is 0. The van der Waals surface area contributed by atoms with E-state index >= 15 is 0 Å². The normalized spacial score (nSPS) is 21.9. The van der Waals surface area contributed by atoms with Crippen LogP contribution in [0.2, 0.25) is 0 Å². The summed E-state index contributed by atoms with van der Waals surface area (Å²) in [7, 11) is 0. The first kappa shape index (κ1) is 16.8. The summed E-state index contributed by atoms with van der Waals surface area (Å²) in [5.41, 5.74) is 6.11. The van der Waals surface area contributed by atoms with Gasteiger partial charge in [-0.25, -0.2) is 0 Å². The molecule has 1 fully saturated rings. The number of piperidine rings is 1. The van der Waals surface area contributed by atoms with Crippen LogP contribution in [0.3, 0.4) is 0 Å². The molecule has 1 unspecified atom stereocenters. The van der Waals surface area contributed by atoms with E-state index in [1.807, 2.05) is 22.6 Å². The highest BCUT2D eigenvalue weighted by molar-refractivity contribution is 7.98. The number of nitrogens with two attached hydrogens (primary N) is 1. The lowest BCUT2D eigenvalue weighted by Gasteiger charge is -2.42. The van der Waals surface area contributed by atoms with E-state index in [0.717, 1.165) is 29.3 Å². The molecule has 19 heavy (non-hydrogen) atoms. The quantitative estimate of drug-likeness (QED) is 0.852. The lowest BCUT2D eigenvalue weighted by molar-refractivity contribution is 0.0534. The highest BCUT2D eigenvalue weighted by Crippen LogP contribution is 2.32. The molecule has 3 nitrogen and oxygen atoms in total. The van der Waals surface area contributed by atoms with Gasteiger partial charge in [0.1, 0.15) is 4.88 Å². The van der Waals surface area contributed by atoms with Crippen molar-refractivity contribution >= 4 is 41.4 Å². The second kappa shape index (κ2) is 6.48. The summed E-state index contributed by atoms with van der Waals surface area (Å²) in [6, 6.07) is 2.20. The second-order valence-electron chi connectivity index (χ2n) is 5.43. The number of halogens is 1. The zero-order valence-corrected chi connectivity index (χ0v) is 14.0. The van der Waals surface area contributed by atoms with Crippen LogP contribution in [0, 0.1) is 5.41 Å². The molecule has 1 saturated heterocycles. The standard InChI is InChI=1S/C13H20N2OS2.ClH/c1-13(2)8-15(6-4-10(13)14)12(16)11-9(17-3)5-7-18-11;/h5,7,10H,4,6,8,14H2,1-3H3;1H. The summed E-state index contributed by atoms with van der Waals surface area (Å²) in [4.78, 5) is 16.4. The minimum absolute atomic E-state index is 0. The Balaban J connectivity index is 0.00000180. The number of hydrogen-bond donors (Lipinski definition) is 1. The molecule has 2 rings (SSSR count). The molecule has 1 aromatic rings. The number of nitrogens with zero attached hydrogens (tertiary/aromatic N) is 1. The number of thiophene rings is 1. The van der Waals surface area contributed by atoms with Crippen molar-refractivity contribution in [3.05, 3.63) is 16.3 Å². The Labute approximate surface area is 129 Å². The van der Waals surface area contributed by atoms with Crippen molar-refractivity contribution in [2.45, 2.75) is 31.2 Å². The first-order valence-electron chi connectivity index (χ1n) is 6.12. The van der Waals surface area contributed by atoms with Gasteiger partial charge in [0, 0.05) is 24.0 Å². The molecule has 1 aliphatic rings. The third-order valence-corrected chi connectivity index (χ3v) is 5.45. The van der Waals surface area contributed by atoms with Crippen molar-refractivity contribution in [3.63, 3.8) is 0 Å². The molecule has 0 aromatic carbocycles. The first-order valence-corrected chi connectivity index (χ1v) is 8.22. The molecule has 0 spiro atoms. The van der Waals surface area contributed by atoms with Crippen molar-refractivity contribution in [1.29, 1.82) is 0 Å². The Bertz CT molecular complexity index is 448. The number of amides is 1. The number of thioether (sulfide) groups is 1. The predicted octanol–water partition coefficient (Wildman–Crippen LogP) is 3.09. The third kappa shape index (κ3) is 3.45. The zero-order chi connectivity index (χ0) is 13.3. The van der Waals surface area contributed by atoms with Crippen molar-refractivity contribution in [2.75, 3.05) is 19.3 Å². The van der Waals surface area contributed by atoms with Crippen LogP contribution in [-0.4, -0.2) is 36.2 Å². The maximum atomic E-state index is 12.5. The lowest BCUT2D eigenvalue weighted by atomic mass is 9.79.